The topological polar surface area (TPSA) is 139 Å². The van der Waals surface area contributed by atoms with E-state index in [4.69, 9.17) is 13.9 Å². The monoisotopic (exact) mass is 400 g/mol. The normalized spacial score (nSPS) is 11.0. The van der Waals surface area contributed by atoms with E-state index in [0.29, 0.717) is 16.7 Å². The van der Waals surface area contributed by atoms with Gasteiger partial charge in [0.2, 0.25) is 11.8 Å². The molecule has 0 bridgehead atoms. The summed E-state index contributed by atoms with van der Waals surface area (Å²) in [4.78, 5) is 46.2. The minimum atomic E-state index is -1.17. The molecule has 0 radical (unpaired) electrons. The number of furan rings is 1. The Bertz CT molecular complexity index is 1170. The van der Waals surface area contributed by atoms with Crippen molar-refractivity contribution in [2.24, 2.45) is 0 Å². The van der Waals surface area contributed by atoms with Gasteiger partial charge in [-0.25, -0.2) is 4.79 Å². The van der Waals surface area contributed by atoms with Crippen LogP contribution in [0, 0.1) is 13.8 Å². The van der Waals surface area contributed by atoms with Crippen LogP contribution >= 0.6 is 0 Å². The van der Waals surface area contributed by atoms with E-state index in [1.807, 2.05) is 13.0 Å². The highest BCUT2D eigenvalue weighted by atomic mass is 16.4. The summed E-state index contributed by atoms with van der Waals surface area (Å²) in [7, 11) is 0. The zero-order valence-electron chi connectivity index (χ0n) is 16.0. The van der Waals surface area contributed by atoms with E-state index in [1.165, 1.54) is 0 Å². The summed E-state index contributed by atoms with van der Waals surface area (Å²) in [5, 5.41) is 14.7. The molecule has 0 atom stereocenters. The number of aliphatic carboxylic acids is 1. The van der Waals surface area contributed by atoms with Gasteiger partial charge in [-0.15, -0.1) is 0 Å². The molecule has 0 saturated heterocycles. The Kier molecular flexibility index (Phi) is 5.67. The summed E-state index contributed by atoms with van der Waals surface area (Å²) in [6, 6.07) is 3.58. The molecular formula is C20H20N2O7. The van der Waals surface area contributed by atoms with Gasteiger partial charge in [0.05, 0.1) is 12.8 Å². The van der Waals surface area contributed by atoms with E-state index in [0.717, 1.165) is 21.9 Å². The number of rotatable bonds is 7. The molecule has 0 spiro atoms. The van der Waals surface area contributed by atoms with Gasteiger partial charge >= 0.3 is 11.6 Å². The minimum Gasteiger partial charge on any atom is -0.480 e. The molecule has 9 heteroatoms. The summed E-state index contributed by atoms with van der Waals surface area (Å²) in [5.74, 6) is -2.22. The van der Waals surface area contributed by atoms with Crippen molar-refractivity contribution in [3.8, 4) is 0 Å². The van der Waals surface area contributed by atoms with Gasteiger partial charge in [-0.1, -0.05) is 0 Å². The van der Waals surface area contributed by atoms with Crippen LogP contribution in [0.3, 0.4) is 0 Å². The molecule has 0 aliphatic carbocycles. The number of nitrogens with one attached hydrogen (secondary N) is 2. The number of amides is 2. The molecule has 9 nitrogen and oxygen atoms in total. The van der Waals surface area contributed by atoms with Crippen LogP contribution in [0.25, 0.3) is 21.9 Å². The molecule has 0 fully saturated rings. The summed E-state index contributed by atoms with van der Waals surface area (Å²) < 4.78 is 10.9. The zero-order valence-corrected chi connectivity index (χ0v) is 16.0. The standard InChI is InChI=1S/C20H20N2O7/c1-10-9-28-15-6-16-14(5-13(10)15)11(2)12(20(27)29-16)3-4-17(23)21-7-18(24)22-8-19(25)26/h5-6,9H,3-4,7-8H2,1-2H3,(H,21,23)(H,22,24)(H,25,26). The van der Waals surface area contributed by atoms with E-state index < -0.39 is 30.0 Å². The first kappa shape index (κ1) is 20.1. The predicted molar refractivity (Wildman–Crippen MR) is 104 cm³/mol. The van der Waals surface area contributed by atoms with E-state index in [-0.39, 0.29) is 19.4 Å². The van der Waals surface area contributed by atoms with Crippen LogP contribution < -0.4 is 16.3 Å². The Labute approximate surface area is 164 Å². The molecule has 0 saturated carbocycles. The van der Waals surface area contributed by atoms with Gasteiger partial charge in [0, 0.05) is 28.8 Å². The third kappa shape index (κ3) is 4.45. The van der Waals surface area contributed by atoms with Gasteiger partial charge in [-0.05, 0) is 37.5 Å². The van der Waals surface area contributed by atoms with Crippen molar-refractivity contribution >= 4 is 39.7 Å². The SMILES string of the molecule is Cc1coc2cc3oc(=O)c(CCC(=O)NCC(=O)NCC(=O)O)c(C)c3cc12. The van der Waals surface area contributed by atoms with E-state index >= 15 is 0 Å². The number of carbonyl (C=O) groups excluding carboxylic acids is 2. The van der Waals surface area contributed by atoms with Crippen molar-refractivity contribution in [3.05, 3.63) is 45.5 Å². The van der Waals surface area contributed by atoms with Crippen molar-refractivity contribution in [3.63, 3.8) is 0 Å². The number of hydrogen-bond donors (Lipinski definition) is 3. The first-order valence-electron chi connectivity index (χ1n) is 8.95. The van der Waals surface area contributed by atoms with Crippen molar-refractivity contribution in [2.45, 2.75) is 26.7 Å². The van der Waals surface area contributed by atoms with Crippen LogP contribution in [0.5, 0.6) is 0 Å². The zero-order chi connectivity index (χ0) is 21.1. The first-order chi connectivity index (χ1) is 13.8. The van der Waals surface area contributed by atoms with E-state index in [9.17, 15) is 19.2 Å². The average molecular weight is 400 g/mol. The average Bonchev–Trinajstić information content (AvgIpc) is 3.03. The molecule has 0 aliphatic rings. The third-order valence-electron chi connectivity index (χ3n) is 4.66. The number of carbonyl (C=O) groups is 3. The molecule has 0 unspecified atom stereocenters. The number of carboxylic acids is 1. The Morgan fingerprint density at radius 3 is 2.45 bits per heavy atom. The van der Waals surface area contributed by atoms with Crippen LogP contribution in [0.2, 0.25) is 0 Å². The smallest absolute Gasteiger partial charge is 0.339 e. The summed E-state index contributed by atoms with van der Waals surface area (Å²) in [5.41, 5.74) is 2.61. The highest BCUT2D eigenvalue weighted by Gasteiger charge is 2.15. The molecule has 2 aromatic heterocycles. The Morgan fingerprint density at radius 1 is 1.00 bits per heavy atom. The summed E-state index contributed by atoms with van der Waals surface area (Å²) >= 11 is 0. The molecule has 29 heavy (non-hydrogen) atoms. The Hall–Kier alpha value is -3.62. The van der Waals surface area contributed by atoms with Crippen LogP contribution in [0.1, 0.15) is 23.1 Å². The summed E-state index contributed by atoms with van der Waals surface area (Å²) in [6.07, 6.45) is 1.76. The van der Waals surface area contributed by atoms with Gasteiger partial charge in [0.1, 0.15) is 17.7 Å². The van der Waals surface area contributed by atoms with E-state index in [2.05, 4.69) is 10.6 Å². The molecule has 3 rings (SSSR count). The fourth-order valence-corrected chi connectivity index (χ4v) is 3.07. The molecule has 0 aliphatic heterocycles. The highest BCUT2D eigenvalue weighted by molar-refractivity contribution is 5.96. The van der Waals surface area contributed by atoms with Crippen LogP contribution in [-0.4, -0.2) is 36.0 Å². The second kappa shape index (κ2) is 8.17. The van der Waals surface area contributed by atoms with Crippen LogP contribution in [0.4, 0.5) is 0 Å². The second-order valence-corrected chi connectivity index (χ2v) is 6.70. The molecule has 3 N–H and O–H groups in total. The van der Waals surface area contributed by atoms with Gasteiger partial charge in [-0.2, -0.15) is 0 Å². The minimum absolute atomic E-state index is 0.0176. The molecule has 3 aromatic rings. The highest BCUT2D eigenvalue weighted by Crippen LogP contribution is 2.28. The quantitative estimate of drug-likeness (QED) is 0.510. The van der Waals surface area contributed by atoms with Gasteiger partial charge in [-0.3, -0.25) is 14.4 Å². The molecule has 2 amide bonds. The third-order valence-corrected chi connectivity index (χ3v) is 4.66. The van der Waals surface area contributed by atoms with E-state index in [1.54, 1.807) is 19.3 Å². The second-order valence-electron chi connectivity index (χ2n) is 6.70. The lowest BCUT2D eigenvalue weighted by Crippen LogP contribution is -2.39. The number of fused-ring (bicyclic) bond motifs is 2. The van der Waals surface area contributed by atoms with Gasteiger partial charge in [0.15, 0.2) is 0 Å². The largest absolute Gasteiger partial charge is 0.480 e. The molecule has 152 valence electrons. The van der Waals surface area contributed by atoms with Crippen molar-refractivity contribution in [1.29, 1.82) is 0 Å². The molecular weight excluding hydrogens is 380 g/mol. The lowest BCUT2D eigenvalue weighted by molar-refractivity contribution is -0.137. The van der Waals surface area contributed by atoms with Crippen LogP contribution in [-0.2, 0) is 20.8 Å². The van der Waals surface area contributed by atoms with Gasteiger partial charge < -0.3 is 24.6 Å². The van der Waals surface area contributed by atoms with Crippen LogP contribution in [0.15, 0.2) is 32.0 Å². The first-order valence-corrected chi connectivity index (χ1v) is 8.95. The maximum absolute atomic E-state index is 12.4. The molecule has 1 aromatic carbocycles. The lowest BCUT2D eigenvalue weighted by Gasteiger charge is -2.09. The maximum Gasteiger partial charge on any atom is 0.339 e. The number of carboxylic acid groups (broad SMARTS) is 1. The van der Waals surface area contributed by atoms with Crippen molar-refractivity contribution < 1.29 is 28.3 Å². The fraction of sp³-hybridized carbons (Fsp3) is 0.300. The number of benzene rings is 1. The van der Waals surface area contributed by atoms with Crippen molar-refractivity contribution in [2.75, 3.05) is 13.1 Å². The van der Waals surface area contributed by atoms with Crippen molar-refractivity contribution in [1.82, 2.24) is 10.6 Å². The summed E-state index contributed by atoms with van der Waals surface area (Å²) in [6.45, 7) is 2.86. The Balaban J connectivity index is 1.71. The lowest BCUT2D eigenvalue weighted by atomic mass is 10.0. The van der Waals surface area contributed by atoms with Gasteiger partial charge in [0.25, 0.3) is 0 Å². The predicted octanol–water partition coefficient (Wildman–Crippen LogP) is 1.41. The number of aryl methyl sites for hydroxylation is 2. The Morgan fingerprint density at radius 2 is 1.72 bits per heavy atom. The molecule has 2 heterocycles. The maximum atomic E-state index is 12.4. The number of hydrogen-bond acceptors (Lipinski definition) is 6. The fourth-order valence-electron chi connectivity index (χ4n) is 3.07.